The smallest absolute Gasteiger partial charge is 0.246 e. The van der Waals surface area contributed by atoms with Crippen LogP contribution in [0.2, 0.25) is 0 Å². The summed E-state index contributed by atoms with van der Waals surface area (Å²) in [6.45, 7) is 3.59. The SMILES string of the molecule is C/C(=C/C(=O)N1CCO[C@@H]2CCCC[C@H]21)C1CC1. The molecule has 1 amide bonds. The van der Waals surface area contributed by atoms with E-state index in [1.807, 2.05) is 6.08 Å². The van der Waals surface area contributed by atoms with Crippen molar-refractivity contribution in [2.24, 2.45) is 5.92 Å². The quantitative estimate of drug-likeness (QED) is 0.704. The van der Waals surface area contributed by atoms with Crippen LogP contribution in [0.25, 0.3) is 0 Å². The van der Waals surface area contributed by atoms with Crippen molar-refractivity contribution >= 4 is 5.91 Å². The maximum Gasteiger partial charge on any atom is 0.246 e. The molecule has 0 N–H and O–H groups in total. The summed E-state index contributed by atoms with van der Waals surface area (Å²) in [5.74, 6) is 0.914. The number of nitrogens with zero attached hydrogens (tertiary/aromatic N) is 1. The van der Waals surface area contributed by atoms with E-state index in [4.69, 9.17) is 4.74 Å². The Kier molecular flexibility index (Phi) is 3.42. The summed E-state index contributed by atoms with van der Waals surface area (Å²) in [6, 6.07) is 0.336. The van der Waals surface area contributed by atoms with E-state index in [0.717, 1.165) is 19.4 Å². The van der Waals surface area contributed by atoms with Crippen LogP contribution < -0.4 is 0 Å². The average molecular weight is 249 g/mol. The largest absolute Gasteiger partial charge is 0.374 e. The molecule has 0 radical (unpaired) electrons. The number of morpholine rings is 1. The number of hydrogen-bond donors (Lipinski definition) is 0. The number of rotatable bonds is 2. The van der Waals surface area contributed by atoms with Gasteiger partial charge in [0.05, 0.1) is 18.8 Å². The third-order valence-electron chi connectivity index (χ3n) is 4.59. The Morgan fingerprint density at radius 2 is 2.00 bits per heavy atom. The molecule has 3 heteroatoms. The number of fused-ring (bicyclic) bond motifs is 1. The van der Waals surface area contributed by atoms with E-state index < -0.39 is 0 Å². The molecule has 0 bridgehead atoms. The number of hydrogen-bond acceptors (Lipinski definition) is 2. The highest BCUT2D eigenvalue weighted by Crippen LogP contribution is 2.36. The maximum absolute atomic E-state index is 12.4. The molecule has 0 spiro atoms. The molecule has 0 unspecified atom stereocenters. The minimum Gasteiger partial charge on any atom is -0.374 e. The van der Waals surface area contributed by atoms with Crippen LogP contribution in [0, 0.1) is 5.92 Å². The molecule has 1 aliphatic heterocycles. The lowest BCUT2D eigenvalue weighted by atomic mass is 9.90. The first-order chi connectivity index (χ1) is 8.75. The molecular weight excluding hydrogens is 226 g/mol. The van der Waals surface area contributed by atoms with Gasteiger partial charge in [0.15, 0.2) is 0 Å². The molecule has 100 valence electrons. The van der Waals surface area contributed by atoms with E-state index in [0.29, 0.717) is 24.7 Å². The molecule has 3 rings (SSSR count). The Morgan fingerprint density at radius 3 is 2.78 bits per heavy atom. The van der Waals surface area contributed by atoms with Crippen molar-refractivity contribution in [3.05, 3.63) is 11.6 Å². The van der Waals surface area contributed by atoms with Crippen molar-refractivity contribution in [3.8, 4) is 0 Å². The highest BCUT2D eigenvalue weighted by molar-refractivity contribution is 5.88. The molecule has 1 heterocycles. The van der Waals surface area contributed by atoms with E-state index >= 15 is 0 Å². The van der Waals surface area contributed by atoms with Gasteiger partial charge >= 0.3 is 0 Å². The molecule has 3 nitrogen and oxygen atoms in total. The zero-order valence-electron chi connectivity index (χ0n) is 11.2. The van der Waals surface area contributed by atoms with Gasteiger partial charge in [-0.05, 0) is 38.5 Å². The number of amides is 1. The van der Waals surface area contributed by atoms with Gasteiger partial charge in [0, 0.05) is 12.6 Å². The van der Waals surface area contributed by atoms with Gasteiger partial charge in [0.25, 0.3) is 0 Å². The van der Waals surface area contributed by atoms with Gasteiger partial charge in [-0.3, -0.25) is 4.79 Å². The number of ether oxygens (including phenoxy) is 1. The second-order valence-electron chi connectivity index (χ2n) is 5.96. The van der Waals surface area contributed by atoms with Gasteiger partial charge < -0.3 is 9.64 Å². The van der Waals surface area contributed by atoms with Gasteiger partial charge in [0.2, 0.25) is 5.91 Å². The molecule has 0 aromatic heterocycles. The molecule has 3 aliphatic rings. The third kappa shape index (κ3) is 2.46. The van der Waals surface area contributed by atoms with Crippen LogP contribution in [-0.2, 0) is 9.53 Å². The summed E-state index contributed by atoms with van der Waals surface area (Å²) in [7, 11) is 0. The van der Waals surface area contributed by atoms with Gasteiger partial charge in [-0.2, -0.15) is 0 Å². The van der Waals surface area contributed by atoms with Crippen molar-refractivity contribution < 1.29 is 9.53 Å². The lowest BCUT2D eigenvalue weighted by molar-refractivity contribution is -0.144. The summed E-state index contributed by atoms with van der Waals surface area (Å²) < 4.78 is 5.81. The van der Waals surface area contributed by atoms with Crippen LogP contribution in [-0.4, -0.2) is 36.1 Å². The molecule has 3 fully saturated rings. The van der Waals surface area contributed by atoms with E-state index in [2.05, 4.69) is 11.8 Å². The van der Waals surface area contributed by atoms with E-state index in [1.165, 1.54) is 31.3 Å². The van der Waals surface area contributed by atoms with Gasteiger partial charge in [-0.25, -0.2) is 0 Å². The molecule has 2 saturated carbocycles. The van der Waals surface area contributed by atoms with E-state index in [-0.39, 0.29) is 5.91 Å². The lowest BCUT2D eigenvalue weighted by Gasteiger charge is -2.43. The zero-order valence-corrected chi connectivity index (χ0v) is 11.2. The molecule has 1 saturated heterocycles. The highest BCUT2D eigenvalue weighted by atomic mass is 16.5. The Morgan fingerprint density at radius 1 is 1.22 bits per heavy atom. The van der Waals surface area contributed by atoms with Gasteiger partial charge in [0.1, 0.15) is 0 Å². The first kappa shape index (κ1) is 12.2. The molecule has 0 aromatic carbocycles. The van der Waals surface area contributed by atoms with Crippen molar-refractivity contribution in [3.63, 3.8) is 0 Å². The van der Waals surface area contributed by atoms with Crippen molar-refractivity contribution in [1.29, 1.82) is 0 Å². The fraction of sp³-hybridized carbons (Fsp3) is 0.800. The zero-order chi connectivity index (χ0) is 12.5. The predicted molar refractivity (Wildman–Crippen MR) is 70.2 cm³/mol. The molecule has 0 aromatic rings. The highest BCUT2D eigenvalue weighted by Gasteiger charge is 2.36. The topological polar surface area (TPSA) is 29.5 Å². The number of carbonyl (C=O) groups excluding carboxylic acids is 1. The summed E-state index contributed by atoms with van der Waals surface area (Å²) in [4.78, 5) is 14.5. The van der Waals surface area contributed by atoms with E-state index in [9.17, 15) is 4.79 Å². The Balaban J connectivity index is 1.69. The Bertz CT molecular complexity index is 358. The second kappa shape index (κ2) is 5.04. The summed E-state index contributed by atoms with van der Waals surface area (Å²) in [5, 5.41) is 0. The lowest BCUT2D eigenvalue weighted by Crippen LogP contribution is -2.54. The average Bonchev–Trinajstić information content (AvgIpc) is 3.22. The van der Waals surface area contributed by atoms with Crippen molar-refractivity contribution in [2.45, 2.75) is 57.6 Å². The minimum absolute atomic E-state index is 0.222. The summed E-state index contributed by atoms with van der Waals surface area (Å²) in [5.41, 5.74) is 1.28. The molecule has 18 heavy (non-hydrogen) atoms. The van der Waals surface area contributed by atoms with E-state index in [1.54, 1.807) is 0 Å². The Labute approximate surface area is 109 Å². The van der Waals surface area contributed by atoms with Crippen molar-refractivity contribution in [1.82, 2.24) is 4.90 Å². The summed E-state index contributed by atoms with van der Waals surface area (Å²) >= 11 is 0. The summed E-state index contributed by atoms with van der Waals surface area (Å²) in [6.07, 6.45) is 9.45. The normalized spacial score (nSPS) is 33.2. The maximum atomic E-state index is 12.4. The molecule has 2 atom stereocenters. The van der Waals surface area contributed by atoms with Crippen LogP contribution in [0.4, 0.5) is 0 Å². The first-order valence-electron chi connectivity index (χ1n) is 7.36. The third-order valence-corrected chi connectivity index (χ3v) is 4.59. The molecule has 2 aliphatic carbocycles. The van der Waals surface area contributed by atoms with Crippen LogP contribution >= 0.6 is 0 Å². The monoisotopic (exact) mass is 249 g/mol. The standard InChI is InChI=1S/C15H23NO2/c1-11(12-6-7-12)10-15(17)16-8-9-18-14-5-3-2-4-13(14)16/h10,12-14H,2-9H2,1H3/b11-10-/t13-,14-/m1/s1. The first-order valence-corrected chi connectivity index (χ1v) is 7.36. The van der Waals surface area contributed by atoms with Crippen LogP contribution in [0.15, 0.2) is 11.6 Å². The van der Waals surface area contributed by atoms with Crippen molar-refractivity contribution in [2.75, 3.05) is 13.2 Å². The van der Waals surface area contributed by atoms with Crippen LogP contribution in [0.5, 0.6) is 0 Å². The van der Waals surface area contributed by atoms with Crippen LogP contribution in [0.1, 0.15) is 45.4 Å². The fourth-order valence-electron chi connectivity index (χ4n) is 3.30. The molecular formula is C15H23NO2. The van der Waals surface area contributed by atoms with Gasteiger partial charge in [-0.15, -0.1) is 0 Å². The predicted octanol–water partition coefficient (Wildman–Crippen LogP) is 2.51. The fourth-order valence-corrected chi connectivity index (χ4v) is 3.30. The Hall–Kier alpha value is -0.830. The minimum atomic E-state index is 0.222. The number of carbonyl (C=O) groups is 1. The van der Waals surface area contributed by atoms with Gasteiger partial charge in [-0.1, -0.05) is 18.4 Å². The van der Waals surface area contributed by atoms with Crippen LogP contribution in [0.3, 0.4) is 0 Å². The second-order valence-corrected chi connectivity index (χ2v) is 5.96. The number of allylic oxidation sites excluding steroid dienone is 1.